The zero-order chi connectivity index (χ0) is 18.0. The Balaban J connectivity index is 1.80. The molecule has 1 aromatic carbocycles. The van der Waals surface area contributed by atoms with E-state index in [2.05, 4.69) is 15.3 Å². The van der Waals surface area contributed by atoms with E-state index in [4.69, 9.17) is 5.14 Å². The van der Waals surface area contributed by atoms with Crippen molar-refractivity contribution in [2.24, 2.45) is 5.14 Å². The van der Waals surface area contributed by atoms with Gasteiger partial charge in [-0.3, -0.25) is 9.20 Å². The Labute approximate surface area is 144 Å². The van der Waals surface area contributed by atoms with Gasteiger partial charge in [0.05, 0.1) is 16.6 Å². The number of hydrogen-bond acceptors (Lipinski definition) is 5. The number of hydrogen-bond donors (Lipinski definition) is 2. The summed E-state index contributed by atoms with van der Waals surface area (Å²) < 4.78 is 24.3. The van der Waals surface area contributed by atoms with E-state index >= 15 is 0 Å². The van der Waals surface area contributed by atoms with Crippen LogP contribution in [-0.2, 0) is 10.0 Å². The van der Waals surface area contributed by atoms with Crippen LogP contribution in [0.15, 0.2) is 53.8 Å². The molecule has 0 radical (unpaired) electrons. The molecule has 8 nitrogen and oxygen atoms in total. The SMILES string of the molecule is CC[C@@H](NC(=O)c1ccc(S(N)(=O)=O)cc1)c1cn2cccnc2n1. The van der Waals surface area contributed by atoms with Gasteiger partial charge in [-0.2, -0.15) is 0 Å². The third-order valence-corrected chi connectivity index (χ3v) is 4.70. The highest BCUT2D eigenvalue weighted by Gasteiger charge is 2.18. The van der Waals surface area contributed by atoms with Crippen molar-refractivity contribution in [1.29, 1.82) is 0 Å². The van der Waals surface area contributed by atoms with Crippen LogP contribution in [0.25, 0.3) is 5.78 Å². The van der Waals surface area contributed by atoms with Gasteiger partial charge in [0.2, 0.25) is 15.8 Å². The average molecular weight is 359 g/mol. The molecule has 130 valence electrons. The lowest BCUT2D eigenvalue weighted by atomic mass is 10.1. The number of fused-ring (bicyclic) bond motifs is 1. The molecule has 3 aromatic rings. The Morgan fingerprint density at radius 3 is 2.64 bits per heavy atom. The molecule has 0 unspecified atom stereocenters. The molecule has 3 rings (SSSR count). The van der Waals surface area contributed by atoms with Crippen molar-refractivity contribution < 1.29 is 13.2 Å². The maximum atomic E-state index is 12.4. The van der Waals surface area contributed by atoms with Gasteiger partial charge in [-0.05, 0) is 36.8 Å². The minimum absolute atomic E-state index is 0.0393. The molecule has 0 aliphatic rings. The van der Waals surface area contributed by atoms with Crippen LogP contribution >= 0.6 is 0 Å². The Morgan fingerprint density at radius 2 is 2.04 bits per heavy atom. The van der Waals surface area contributed by atoms with Crippen molar-refractivity contribution in [2.45, 2.75) is 24.3 Å². The number of benzene rings is 1. The van der Waals surface area contributed by atoms with Gasteiger partial charge in [-0.25, -0.2) is 23.5 Å². The first-order valence-corrected chi connectivity index (χ1v) is 9.16. The number of nitrogens with two attached hydrogens (primary N) is 1. The van der Waals surface area contributed by atoms with Crippen LogP contribution < -0.4 is 10.5 Å². The number of carbonyl (C=O) groups excluding carboxylic acids is 1. The number of rotatable bonds is 5. The number of nitrogens with zero attached hydrogens (tertiary/aromatic N) is 3. The third kappa shape index (κ3) is 3.67. The largest absolute Gasteiger partial charge is 0.344 e. The predicted molar refractivity (Wildman–Crippen MR) is 91.3 cm³/mol. The van der Waals surface area contributed by atoms with Gasteiger partial charge in [0.15, 0.2) is 0 Å². The van der Waals surface area contributed by atoms with Crippen LogP contribution in [-0.4, -0.2) is 28.7 Å². The highest BCUT2D eigenvalue weighted by Crippen LogP contribution is 2.17. The second-order valence-electron chi connectivity index (χ2n) is 5.50. The molecule has 1 amide bonds. The highest BCUT2D eigenvalue weighted by atomic mass is 32.2. The molecular weight excluding hydrogens is 342 g/mol. The first-order chi connectivity index (χ1) is 11.9. The van der Waals surface area contributed by atoms with Gasteiger partial charge in [0.25, 0.3) is 5.91 Å². The van der Waals surface area contributed by atoms with Gasteiger partial charge in [-0.1, -0.05) is 6.92 Å². The summed E-state index contributed by atoms with van der Waals surface area (Å²) in [5.41, 5.74) is 1.04. The van der Waals surface area contributed by atoms with Crippen molar-refractivity contribution in [3.05, 3.63) is 60.2 Å². The lowest BCUT2D eigenvalue weighted by molar-refractivity contribution is 0.0934. The number of imidazole rings is 1. The van der Waals surface area contributed by atoms with Crippen LogP contribution in [0.1, 0.15) is 35.4 Å². The maximum absolute atomic E-state index is 12.4. The molecule has 0 spiro atoms. The maximum Gasteiger partial charge on any atom is 0.251 e. The molecule has 3 N–H and O–H groups in total. The van der Waals surface area contributed by atoms with Crippen LogP contribution in [0.3, 0.4) is 0 Å². The lowest BCUT2D eigenvalue weighted by Gasteiger charge is -2.14. The van der Waals surface area contributed by atoms with Crippen LogP contribution in [0, 0.1) is 0 Å². The van der Waals surface area contributed by atoms with E-state index in [1.54, 1.807) is 16.7 Å². The fourth-order valence-corrected chi connectivity index (χ4v) is 2.95. The van der Waals surface area contributed by atoms with Crippen molar-refractivity contribution >= 4 is 21.7 Å². The Bertz CT molecular complexity index is 979. The molecule has 0 saturated carbocycles. The van der Waals surface area contributed by atoms with E-state index in [1.165, 1.54) is 24.3 Å². The molecule has 25 heavy (non-hydrogen) atoms. The molecule has 0 bridgehead atoms. The zero-order valence-corrected chi connectivity index (χ0v) is 14.3. The molecular formula is C16H17N5O3S. The monoisotopic (exact) mass is 359 g/mol. The summed E-state index contributed by atoms with van der Waals surface area (Å²) in [5, 5.41) is 7.95. The Kier molecular flexibility index (Phi) is 4.51. The first kappa shape index (κ1) is 17.1. The summed E-state index contributed by atoms with van der Waals surface area (Å²) in [4.78, 5) is 21.0. The van der Waals surface area contributed by atoms with Crippen LogP contribution in [0.2, 0.25) is 0 Å². The molecule has 9 heteroatoms. The van der Waals surface area contributed by atoms with E-state index in [0.29, 0.717) is 23.5 Å². The Morgan fingerprint density at radius 1 is 1.32 bits per heavy atom. The average Bonchev–Trinajstić information content (AvgIpc) is 3.02. The van der Waals surface area contributed by atoms with E-state index in [9.17, 15) is 13.2 Å². The van der Waals surface area contributed by atoms with E-state index in [0.717, 1.165) is 0 Å². The number of aromatic nitrogens is 3. The smallest absolute Gasteiger partial charge is 0.251 e. The minimum atomic E-state index is -3.78. The predicted octanol–water partition coefficient (Wildman–Crippen LogP) is 1.26. The molecule has 2 aromatic heterocycles. The number of primary sulfonamides is 1. The normalized spacial score (nSPS) is 12.9. The number of sulfonamides is 1. The summed E-state index contributed by atoms with van der Waals surface area (Å²) in [5.74, 6) is 0.237. The molecule has 0 aliphatic heterocycles. The molecule has 0 fully saturated rings. The molecule has 2 heterocycles. The van der Waals surface area contributed by atoms with Gasteiger partial charge < -0.3 is 5.32 Å². The quantitative estimate of drug-likeness (QED) is 0.711. The summed E-state index contributed by atoms with van der Waals surface area (Å²) in [6, 6.07) is 6.97. The third-order valence-electron chi connectivity index (χ3n) is 3.77. The van der Waals surface area contributed by atoms with E-state index in [-0.39, 0.29) is 16.8 Å². The molecule has 1 atom stereocenters. The number of carbonyl (C=O) groups is 1. The summed E-state index contributed by atoms with van der Waals surface area (Å²) in [6.07, 6.45) is 5.95. The molecule has 0 aliphatic carbocycles. The number of nitrogens with one attached hydrogen (secondary N) is 1. The fourth-order valence-electron chi connectivity index (χ4n) is 2.44. The topological polar surface area (TPSA) is 119 Å². The first-order valence-electron chi connectivity index (χ1n) is 7.62. The van der Waals surface area contributed by atoms with Crippen LogP contribution in [0.5, 0.6) is 0 Å². The summed E-state index contributed by atoms with van der Waals surface area (Å²) in [7, 11) is -3.78. The lowest BCUT2D eigenvalue weighted by Crippen LogP contribution is -2.28. The second kappa shape index (κ2) is 6.61. The van der Waals surface area contributed by atoms with E-state index < -0.39 is 10.0 Å². The Hall–Kier alpha value is -2.78. The van der Waals surface area contributed by atoms with Crippen molar-refractivity contribution in [3.8, 4) is 0 Å². The van der Waals surface area contributed by atoms with E-state index in [1.807, 2.05) is 19.3 Å². The number of amides is 1. The highest BCUT2D eigenvalue weighted by molar-refractivity contribution is 7.89. The van der Waals surface area contributed by atoms with Gasteiger partial charge in [-0.15, -0.1) is 0 Å². The molecule has 0 saturated heterocycles. The van der Waals surface area contributed by atoms with Crippen LogP contribution in [0.4, 0.5) is 0 Å². The van der Waals surface area contributed by atoms with Crippen molar-refractivity contribution in [1.82, 2.24) is 19.7 Å². The van der Waals surface area contributed by atoms with Gasteiger partial charge >= 0.3 is 0 Å². The minimum Gasteiger partial charge on any atom is -0.344 e. The van der Waals surface area contributed by atoms with Crippen molar-refractivity contribution in [2.75, 3.05) is 0 Å². The van der Waals surface area contributed by atoms with Gasteiger partial charge in [0.1, 0.15) is 0 Å². The summed E-state index contributed by atoms with van der Waals surface area (Å²) >= 11 is 0. The fraction of sp³-hybridized carbons (Fsp3) is 0.188. The van der Waals surface area contributed by atoms with Gasteiger partial charge in [0, 0.05) is 24.2 Å². The standard InChI is InChI=1S/C16H17N5O3S/c1-2-13(14-10-21-9-3-8-18-16(21)20-14)19-15(22)11-4-6-12(7-5-11)25(17,23)24/h3-10,13H,2H2,1H3,(H,19,22)(H2,17,23,24)/t13-/m1/s1. The summed E-state index contributed by atoms with van der Waals surface area (Å²) in [6.45, 7) is 1.94. The van der Waals surface area contributed by atoms with Crippen molar-refractivity contribution in [3.63, 3.8) is 0 Å². The second-order valence-corrected chi connectivity index (χ2v) is 7.06. The zero-order valence-electron chi connectivity index (χ0n) is 13.5.